The van der Waals surface area contributed by atoms with Gasteiger partial charge in [-0.05, 0) is 66.8 Å². The standard InChI is InChI=1S/C54H44N8O2.Zn/c1-53(2,3)33-23-19-31(20-24-33)29-63-43-27-41-42(28-44(43)64-30-32-21-25-34(26-22-32)54(4,5)6)52-61-50-40-18-12-10-16-38(40)48(59-50)57-46-36-14-8-7-13-35(36)45(55-46)56-47-37-15-9-11-17-39(37)49(58-47)60-51(41)62-52;/h7-28H,29-30H2,1-6H3;/q-2;+2. The summed E-state index contributed by atoms with van der Waals surface area (Å²) in [4.78, 5) is 40.7. The van der Waals surface area contributed by atoms with Crippen LogP contribution in [-0.2, 0) is 43.5 Å². The van der Waals surface area contributed by atoms with Crippen LogP contribution in [0, 0.1) is 0 Å². The average Bonchev–Trinajstić information content (AvgIpc) is 4.03. The summed E-state index contributed by atoms with van der Waals surface area (Å²) in [6.45, 7) is 13.9. The molecule has 314 valence electrons. The Morgan fingerprint density at radius 2 is 0.692 bits per heavy atom. The summed E-state index contributed by atoms with van der Waals surface area (Å²) in [6.07, 6.45) is 0. The molecule has 11 rings (SSSR count). The van der Waals surface area contributed by atoms with Crippen molar-refractivity contribution in [3.05, 3.63) is 156 Å². The number of ether oxygens (including phenoxy) is 2. The molecule has 0 fully saturated rings. The average molecular weight is 902 g/mol. The fraction of sp³-hybridized carbons (Fsp3) is 0.185. The minimum absolute atomic E-state index is 0. The van der Waals surface area contributed by atoms with Crippen LogP contribution in [0.4, 0.5) is 0 Å². The van der Waals surface area contributed by atoms with Crippen molar-refractivity contribution < 1.29 is 29.0 Å². The van der Waals surface area contributed by atoms with Gasteiger partial charge in [0.2, 0.25) is 0 Å². The van der Waals surface area contributed by atoms with Gasteiger partial charge in [-0.2, -0.15) is 0 Å². The van der Waals surface area contributed by atoms with Crippen molar-refractivity contribution in [2.75, 3.05) is 0 Å². The maximum absolute atomic E-state index is 6.69. The molecule has 2 aliphatic heterocycles. The van der Waals surface area contributed by atoms with Crippen LogP contribution in [-0.4, -0.2) is 29.9 Å². The topological polar surface area (TPSA) is 124 Å². The fourth-order valence-electron chi connectivity index (χ4n) is 8.27. The van der Waals surface area contributed by atoms with Gasteiger partial charge >= 0.3 is 19.5 Å². The third kappa shape index (κ3) is 7.84. The van der Waals surface area contributed by atoms with Gasteiger partial charge in [0.05, 0.1) is 23.3 Å². The van der Waals surface area contributed by atoms with Gasteiger partial charge in [0.1, 0.15) is 13.2 Å². The first-order valence-electron chi connectivity index (χ1n) is 21.5. The first-order valence-corrected chi connectivity index (χ1v) is 21.5. The molecule has 3 aromatic heterocycles. The van der Waals surface area contributed by atoms with E-state index in [-0.39, 0.29) is 30.3 Å². The van der Waals surface area contributed by atoms with Crippen molar-refractivity contribution in [1.29, 1.82) is 0 Å². The molecule has 65 heavy (non-hydrogen) atoms. The second-order valence-electron chi connectivity index (χ2n) is 18.4. The number of fused-ring (bicyclic) bond motifs is 20. The molecule has 2 aliphatic rings. The van der Waals surface area contributed by atoms with E-state index in [1.165, 1.54) is 11.1 Å². The first kappa shape index (κ1) is 41.9. The molecule has 0 aliphatic carbocycles. The normalized spacial score (nSPS) is 12.2. The molecule has 8 bridgehead atoms. The second kappa shape index (κ2) is 16.2. The number of aromatic nitrogens is 8. The predicted octanol–water partition coefficient (Wildman–Crippen LogP) is 11.9. The zero-order valence-electron chi connectivity index (χ0n) is 37.2. The van der Waals surface area contributed by atoms with Crippen LogP contribution in [0.3, 0.4) is 0 Å². The third-order valence-electron chi connectivity index (χ3n) is 11.9. The smallest absolute Gasteiger partial charge is 0.485 e. The largest absolute Gasteiger partial charge is 2.00 e. The summed E-state index contributed by atoms with van der Waals surface area (Å²) >= 11 is 0. The molecule has 0 radical (unpaired) electrons. The Balaban J connectivity index is 0.00000498. The Morgan fingerprint density at radius 1 is 0.385 bits per heavy atom. The van der Waals surface area contributed by atoms with E-state index in [0.29, 0.717) is 70.6 Å². The van der Waals surface area contributed by atoms with E-state index in [4.69, 9.17) is 49.3 Å². The van der Waals surface area contributed by atoms with Crippen LogP contribution in [0.15, 0.2) is 133 Å². The zero-order chi connectivity index (χ0) is 43.7. The van der Waals surface area contributed by atoms with E-state index >= 15 is 0 Å². The van der Waals surface area contributed by atoms with E-state index in [1.54, 1.807) is 0 Å². The molecule has 10 nitrogen and oxygen atoms in total. The fourth-order valence-corrected chi connectivity index (χ4v) is 8.27. The van der Waals surface area contributed by atoms with Gasteiger partial charge in [0.25, 0.3) is 0 Å². The van der Waals surface area contributed by atoms with E-state index in [2.05, 4.69) is 90.1 Å². The Labute approximate surface area is 389 Å². The van der Waals surface area contributed by atoms with Crippen molar-refractivity contribution in [2.24, 2.45) is 0 Å². The monoisotopic (exact) mass is 900 g/mol. The molecule has 0 unspecified atom stereocenters. The molecule has 0 saturated heterocycles. The van der Waals surface area contributed by atoms with E-state index in [0.717, 1.165) is 54.9 Å². The SMILES string of the molecule is CC(C)(C)c1ccc(COc2cc3c(cc2OCc2ccc(C(C)(C)C)cc2)-c2nc-3nc3[n-]c(nc4nc(nc5[n-]c(n2)c2ccccc52)-c2ccccc2-4)c2ccccc32)cc1.[Zn+2]. The minimum Gasteiger partial charge on any atom is -0.485 e. The summed E-state index contributed by atoms with van der Waals surface area (Å²) in [5.41, 5.74) is 9.80. The minimum atomic E-state index is 0. The van der Waals surface area contributed by atoms with E-state index in [9.17, 15) is 0 Å². The van der Waals surface area contributed by atoms with Crippen molar-refractivity contribution >= 4 is 44.1 Å². The van der Waals surface area contributed by atoms with Gasteiger partial charge in [-0.25, -0.2) is 9.97 Å². The quantitative estimate of drug-likeness (QED) is 0.149. The molecule has 0 atom stereocenters. The Hall–Kier alpha value is -7.10. The third-order valence-corrected chi connectivity index (χ3v) is 11.9. The summed E-state index contributed by atoms with van der Waals surface area (Å²) < 4.78 is 13.4. The summed E-state index contributed by atoms with van der Waals surface area (Å²) in [7, 11) is 0. The number of nitrogens with zero attached hydrogens (tertiary/aromatic N) is 8. The van der Waals surface area contributed by atoms with Crippen molar-refractivity contribution in [3.63, 3.8) is 0 Å². The van der Waals surface area contributed by atoms with Crippen molar-refractivity contribution in [2.45, 2.75) is 65.6 Å². The molecule has 0 spiro atoms. The first-order chi connectivity index (χ1) is 30.9. The molecule has 5 heterocycles. The maximum atomic E-state index is 6.69. The number of hydrogen-bond acceptors (Lipinski definition) is 8. The summed E-state index contributed by atoms with van der Waals surface area (Å²) in [5.74, 6) is 3.00. The molecular weight excluding hydrogens is 858 g/mol. The van der Waals surface area contributed by atoms with Crippen LogP contribution >= 0.6 is 0 Å². The molecule has 0 N–H and O–H groups in total. The molecule has 0 saturated carbocycles. The number of benzene rings is 6. The molecule has 9 aromatic rings. The molecule has 11 heteroatoms. The maximum Gasteiger partial charge on any atom is 2.00 e. The Morgan fingerprint density at radius 3 is 1.02 bits per heavy atom. The Bertz CT molecular complexity index is 3250. The van der Waals surface area contributed by atoms with Crippen LogP contribution in [0.25, 0.3) is 89.7 Å². The van der Waals surface area contributed by atoms with E-state index in [1.807, 2.05) is 84.9 Å². The van der Waals surface area contributed by atoms with Gasteiger partial charge in [0, 0.05) is 44.8 Å². The number of rotatable bonds is 6. The summed E-state index contributed by atoms with van der Waals surface area (Å²) in [5, 5.41) is 3.36. The summed E-state index contributed by atoms with van der Waals surface area (Å²) in [6, 6.07) is 45.0. The van der Waals surface area contributed by atoms with Crippen molar-refractivity contribution in [3.8, 4) is 57.1 Å². The van der Waals surface area contributed by atoms with Crippen molar-refractivity contribution in [1.82, 2.24) is 39.9 Å². The zero-order valence-corrected chi connectivity index (χ0v) is 40.2. The molecule has 6 aromatic carbocycles. The van der Waals surface area contributed by atoms with Crippen LogP contribution in [0.2, 0.25) is 0 Å². The second-order valence-corrected chi connectivity index (χ2v) is 18.4. The van der Waals surface area contributed by atoms with Gasteiger partial charge in [0.15, 0.2) is 11.5 Å². The van der Waals surface area contributed by atoms with E-state index < -0.39 is 0 Å². The van der Waals surface area contributed by atoms with Gasteiger partial charge < -0.3 is 39.4 Å². The molecule has 0 amide bonds. The van der Waals surface area contributed by atoms with Crippen LogP contribution in [0.1, 0.15) is 63.8 Å². The van der Waals surface area contributed by atoms with Gasteiger partial charge in [-0.15, -0.1) is 0 Å². The molecular formula is C54H44N8O2Zn. The predicted molar refractivity (Wildman–Crippen MR) is 253 cm³/mol. The Kier molecular flexibility index (Phi) is 10.4. The van der Waals surface area contributed by atoms with Gasteiger partial charge in [-0.3, -0.25) is 0 Å². The van der Waals surface area contributed by atoms with Gasteiger partial charge in [-0.1, -0.05) is 163 Å². The number of hydrogen-bond donors (Lipinski definition) is 0. The van der Waals surface area contributed by atoms with Crippen LogP contribution in [0.5, 0.6) is 11.5 Å². The van der Waals surface area contributed by atoms with Crippen LogP contribution < -0.4 is 19.4 Å².